The lowest BCUT2D eigenvalue weighted by atomic mass is 9.68. The number of para-hydroxylation sites is 1. The number of hydrogen-bond acceptors (Lipinski definition) is 1. The highest BCUT2D eigenvalue weighted by molar-refractivity contribution is 6.00. The third-order valence-electron chi connectivity index (χ3n) is 11.8. The predicted octanol–water partition coefficient (Wildman–Crippen LogP) is 12.3. The Morgan fingerprint density at radius 2 is 0.880 bits per heavy atom. The van der Waals surface area contributed by atoms with Crippen LogP contribution in [0.5, 0.6) is 11.5 Å². The summed E-state index contributed by atoms with van der Waals surface area (Å²) in [7, 11) is 0. The number of rotatable bonds is 2. The Morgan fingerprint density at radius 3 is 1.62 bits per heavy atom. The standard InChI is InChI=1S/C49H32O/c1-48(35-15-3-2-4-16-35)42-21-11-12-22-46(42)50-47-26-24-34(30-45(47)48)33-23-25-38-39-27-31-13-5-6-14-32(31)28-44(39)49(43(38)29-33)40-19-9-7-17-36(40)37-18-8-10-20-41(37)49/h2-30H,1H3. The Kier molecular flexibility index (Phi) is 5.51. The first kappa shape index (κ1) is 27.7. The van der Waals surface area contributed by atoms with E-state index in [2.05, 4.69) is 183 Å². The third kappa shape index (κ3) is 3.46. The summed E-state index contributed by atoms with van der Waals surface area (Å²) in [4.78, 5) is 0. The average Bonchev–Trinajstić information content (AvgIpc) is 3.64. The molecule has 0 saturated carbocycles. The Balaban J connectivity index is 1.17. The molecule has 2 aliphatic carbocycles. The first-order valence-electron chi connectivity index (χ1n) is 17.5. The van der Waals surface area contributed by atoms with E-state index in [1.807, 2.05) is 0 Å². The van der Waals surface area contributed by atoms with Crippen LogP contribution in [0.1, 0.15) is 45.9 Å². The van der Waals surface area contributed by atoms with Gasteiger partial charge in [0.2, 0.25) is 0 Å². The van der Waals surface area contributed by atoms with Crippen molar-refractivity contribution in [1.82, 2.24) is 0 Å². The van der Waals surface area contributed by atoms with Crippen LogP contribution in [0.15, 0.2) is 176 Å². The van der Waals surface area contributed by atoms with Gasteiger partial charge in [0.1, 0.15) is 11.5 Å². The van der Waals surface area contributed by atoms with Gasteiger partial charge >= 0.3 is 0 Å². The van der Waals surface area contributed by atoms with E-state index in [1.54, 1.807) is 0 Å². The molecule has 0 N–H and O–H groups in total. The van der Waals surface area contributed by atoms with E-state index in [9.17, 15) is 0 Å². The minimum Gasteiger partial charge on any atom is -0.457 e. The molecular formula is C49H32O. The second-order valence-electron chi connectivity index (χ2n) is 14.1. The quantitative estimate of drug-likeness (QED) is 0.183. The topological polar surface area (TPSA) is 9.23 Å². The molecule has 0 radical (unpaired) electrons. The van der Waals surface area contributed by atoms with Crippen molar-refractivity contribution in [2.24, 2.45) is 0 Å². The zero-order valence-electron chi connectivity index (χ0n) is 27.7. The Labute approximate surface area is 292 Å². The van der Waals surface area contributed by atoms with E-state index in [-0.39, 0.29) is 5.41 Å². The monoisotopic (exact) mass is 636 g/mol. The Bertz CT molecular complexity index is 2660. The zero-order chi connectivity index (χ0) is 33.0. The Hall–Kier alpha value is -6.18. The van der Waals surface area contributed by atoms with E-state index >= 15 is 0 Å². The first-order valence-corrected chi connectivity index (χ1v) is 17.5. The smallest absolute Gasteiger partial charge is 0.131 e. The highest BCUT2D eigenvalue weighted by Gasteiger charge is 2.52. The maximum absolute atomic E-state index is 6.59. The van der Waals surface area contributed by atoms with Crippen LogP contribution in [0.2, 0.25) is 0 Å². The molecule has 1 unspecified atom stereocenters. The number of ether oxygens (including phenoxy) is 1. The maximum atomic E-state index is 6.59. The first-order chi connectivity index (χ1) is 24.7. The number of fused-ring (bicyclic) bond motifs is 13. The van der Waals surface area contributed by atoms with Crippen LogP contribution in [-0.2, 0) is 10.8 Å². The minimum atomic E-state index is -0.410. The highest BCUT2D eigenvalue weighted by Crippen LogP contribution is 2.63. The van der Waals surface area contributed by atoms with Gasteiger partial charge in [-0.25, -0.2) is 0 Å². The zero-order valence-corrected chi connectivity index (χ0v) is 27.7. The van der Waals surface area contributed by atoms with Gasteiger partial charge in [0.25, 0.3) is 0 Å². The maximum Gasteiger partial charge on any atom is 0.131 e. The minimum absolute atomic E-state index is 0.376. The molecule has 3 aliphatic rings. The second kappa shape index (κ2) is 9.94. The Morgan fingerprint density at radius 1 is 0.360 bits per heavy atom. The molecule has 1 heterocycles. The lowest BCUT2D eigenvalue weighted by molar-refractivity contribution is 0.427. The molecule has 50 heavy (non-hydrogen) atoms. The van der Waals surface area contributed by atoms with Crippen molar-refractivity contribution in [3.63, 3.8) is 0 Å². The fourth-order valence-corrected chi connectivity index (χ4v) is 9.51. The van der Waals surface area contributed by atoms with Crippen LogP contribution in [0.4, 0.5) is 0 Å². The van der Waals surface area contributed by atoms with Crippen LogP contribution in [0.25, 0.3) is 44.2 Å². The number of hydrogen-bond donors (Lipinski definition) is 0. The van der Waals surface area contributed by atoms with Gasteiger partial charge < -0.3 is 4.74 Å². The van der Waals surface area contributed by atoms with E-state index < -0.39 is 5.41 Å². The fraction of sp³-hybridized carbons (Fsp3) is 0.0612. The molecule has 1 aliphatic heterocycles. The van der Waals surface area contributed by atoms with Gasteiger partial charge in [0.05, 0.1) is 5.41 Å². The second-order valence-corrected chi connectivity index (χ2v) is 14.1. The molecule has 0 amide bonds. The van der Waals surface area contributed by atoms with Crippen molar-refractivity contribution in [2.75, 3.05) is 0 Å². The lowest BCUT2D eigenvalue weighted by Crippen LogP contribution is -2.29. The molecule has 234 valence electrons. The molecule has 0 fully saturated rings. The van der Waals surface area contributed by atoms with Gasteiger partial charge in [0.15, 0.2) is 0 Å². The van der Waals surface area contributed by atoms with E-state index in [0.29, 0.717) is 0 Å². The number of benzene rings is 8. The average molecular weight is 637 g/mol. The van der Waals surface area contributed by atoms with Crippen LogP contribution < -0.4 is 4.74 Å². The van der Waals surface area contributed by atoms with Crippen LogP contribution in [0, 0.1) is 0 Å². The molecule has 8 aromatic carbocycles. The molecule has 0 saturated heterocycles. The van der Waals surface area contributed by atoms with Crippen molar-refractivity contribution in [3.05, 3.63) is 215 Å². The fourth-order valence-electron chi connectivity index (χ4n) is 9.51. The third-order valence-corrected chi connectivity index (χ3v) is 11.8. The molecule has 1 atom stereocenters. The summed E-state index contributed by atoms with van der Waals surface area (Å²) in [5, 5.41) is 2.55. The largest absolute Gasteiger partial charge is 0.457 e. The van der Waals surface area contributed by atoms with Crippen molar-refractivity contribution in [3.8, 4) is 44.9 Å². The summed E-state index contributed by atoms with van der Waals surface area (Å²) in [6, 6.07) is 65.1. The summed E-state index contributed by atoms with van der Waals surface area (Å²) in [5.41, 5.74) is 16.0. The van der Waals surface area contributed by atoms with Crippen LogP contribution in [-0.4, -0.2) is 0 Å². The summed E-state index contributed by atoms with van der Waals surface area (Å²) in [5.74, 6) is 1.83. The molecule has 11 rings (SSSR count). The molecule has 0 bridgehead atoms. The summed E-state index contributed by atoms with van der Waals surface area (Å²) in [6.45, 7) is 2.34. The van der Waals surface area contributed by atoms with Gasteiger partial charge in [-0.1, -0.05) is 140 Å². The van der Waals surface area contributed by atoms with E-state index in [1.165, 1.54) is 83.1 Å². The molecule has 1 spiro atoms. The van der Waals surface area contributed by atoms with Crippen molar-refractivity contribution in [2.45, 2.75) is 17.8 Å². The van der Waals surface area contributed by atoms with E-state index in [0.717, 1.165) is 11.5 Å². The van der Waals surface area contributed by atoms with Crippen LogP contribution in [0.3, 0.4) is 0 Å². The van der Waals surface area contributed by atoms with Crippen LogP contribution >= 0.6 is 0 Å². The predicted molar refractivity (Wildman–Crippen MR) is 204 cm³/mol. The molecule has 8 aromatic rings. The summed E-state index contributed by atoms with van der Waals surface area (Å²) >= 11 is 0. The molecule has 1 nitrogen and oxygen atoms in total. The molecule has 0 aromatic heterocycles. The summed E-state index contributed by atoms with van der Waals surface area (Å²) in [6.07, 6.45) is 0. The van der Waals surface area contributed by atoms with E-state index in [4.69, 9.17) is 4.74 Å². The van der Waals surface area contributed by atoms with Crippen molar-refractivity contribution in [1.29, 1.82) is 0 Å². The van der Waals surface area contributed by atoms with Crippen molar-refractivity contribution >= 4 is 10.8 Å². The summed E-state index contributed by atoms with van der Waals surface area (Å²) < 4.78 is 6.59. The highest BCUT2D eigenvalue weighted by atomic mass is 16.5. The van der Waals surface area contributed by atoms with Gasteiger partial charge in [-0.3, -0.25) is 0 Å². The van der Waals surface area contributed by atoms with Gasteiger partial charge in [-0.05, 0) is 115 Å². The molecular weight excluding hydrogens is 605 g/mol. The molecule has 1 heteroatoms. The lowest BCUT2D eigenvalue weighted by Gasteiger charge is -2.38. The SMILES string of the molecule is CC1(c2ccccc2)c2ccccc2Oc2ccc(-c3ccc4c(c3)C3(c5ccccc5-c5ccccc53)c3cc5ccccc5cc3-4)cc21. The van der Waals surface area contributed by atoms with Gasteiger partial charge in [-0.15, -0.1) is 0 Å². The normalized spacial score (nSPS) is 16.9. The van der Waals surface area contributed by atoms with Gasteiger partial charge in [-0.2, -0.15) is 0 Å². The van der Waals surface area contributed by atoms with Crippen molar-refractivity contribution < 1.29 is 4.74 Å². The van der Waals surface area contributed by atoms with Gasteiger partial charge in [0, 0.05) is 16.5 Å².